The molecule has 0 saturated carbocycles. The molecule has 104 valence electrons. The minimum Gasteiger partial charge on any atom is -0.485 e. The van der Waals surface area contributed by atoms with Gasteiger partial charge >= 0.3 is 0 Å². The Morgan fingerprint density at radius 1 is 1.10 bits per heavy atom. The van der Waals surface area contributed by atoms with Gasteiger partial charge in [-0.2, -0.15) is 0 Å². The van der Waals surface area contributed by atoms with E-state index in [9.17, 15) is 5.11 Å². The summed E-state index contributed by atoms with van der Waals surface area (Å²) in [4.78, 5) is 0. The second kappa shape index (κ2) is 5.57. The summed E-state index contributed by atoms with van der Waals surface area (Å²) < 4.78 is 6.86. The quantitative estimate of drug-likeness (QED) is 0.733. The number of benzene rings is 2. The van der Waals surface area contributed by atoms with Gasteiger partial charge in [0.1, 0.15) is 11.9 Å². The van der Waals surface area contributed by atoms with Gasteiger partial charge < -0.3 is 9.84 Å². The van der Waals surface area contributed by atoms with Crippen LogP contribution >= 0.6 is 39.1 Å². The first kappa shape index (κ1) is 14.2. The Kier molecular flexibility index (Phi) is 3.95. The van der Waals surface area contributed by atoms with Crippen molar-refractivity contribution in [2.45, 2.75) is 18.6 Å². The number of rotatable bonds is 1. The first-order chi connectivity index (χ1) is 9.54. The molecular weight excluding hydrogens is 363 g/mol. The van der Waals surface area contributed by atoms with E-state index >= 15 is 0 Å². The van der Waals surface area contributed by atoms with Gasteiger partial charge in [0.15, 0.2) is 0 Å². The Morgan fingerprint density at radius 2 is 1.90 bits per heavy atom. The zero-order valence-electron chi connectivity index (χ0n) is 10.3. The van der Waals surface area contributed by atoms with Gasteiger partial charge in [-0.1, -0.05) is 45.2 Å². The number of hydrogen-bond donors (Lipinski definition) is 1. The zero-order valence-corrected chi connectivity index (χ0v) is 13.4. The normalized spacial score (nSPS) is 21.2. The maximum Gasteiger partial charge on any atom is 0.128 e. The van der Waals surface area contributed by atoms with E-state index in [1.165, 1.54) is 0 Å². The van der Waals surface area contributed by atoms with Crippen molar-refractivity contribution in [3.8, 4) is 5.75 Å². The standard InChI is InChI=1S/C15H11BrCl2O2/c16-8-1-3-10(12(18)5-8)15-7-13(19)11-6-9(17)2-4-14(11)20-15/h1-6,13,15,19H,7H2/t13-,15?/m0/s1. The van der Waals surface area contributed by atoms with E-state index in [0.717, 1.165) is 15.6 Å². The predicted octanol–water partition coefficient (Wildman–Crippen LogP) is 5.31. The molecule has 20 heavy (non-hydrogen) atoms. The van der Waals surface area contributed by atoms with Crippen LogP contribution in [0.4, 0.5) is 0 Å². The molecule has 0 amide bonds. The number of fused-ring (bicyclic) bond motifs is 1. The Morgan fingerprint density at radius 3 is 2.65 bits per heavy atom. The van der Waals surface area contributed by atoms with Gasteiger partial charge in [0.05, 0.1) is 6.10 Å². The monoisotopic (exact) mass is 372 g/mol. The van der Waals surface area contributed by atoms with Crippen LogP contribution in [0.1, 0.15) is 29.8 Å². The summed E-state index contributed by atoms with van der Waals surface area (Å²) in [5, 5.41) is 11.5. The topological polar surface area (TPSA) is 29.5 Å². The van der Waals surface area contributed by atoms with Crippen molar-refractivity contribution < 1.29 is 9.84 Å². The summed E-state index contributed by atoms with van der Waals surface area (Å²) >= 11 is 15.6. The molecule has 3 rings (SSSR count). The van der Waals surface area contributed by atoms with E-state index in [2.05, 4.69) is 15.9 Å². The van der Waals surface area contributed by atoms with Crippen molar-refractivity contribution >= 4 is 39.1 Å². The van der Waals surface area contributed by atoms with Crippen LogP contribution in [-0.4, -0.2) is 5.11 Å². The minimum atomic E-state index is -0.609. The van der Waals surface area contributed by atoms with Crippen molar-refractivity contribution in [1.29, 1.82) is 0 Å². The summed E-state index contributed by atoms with van der Waals surface area (Å²) in [6.07, 6.45) is -0.421. The highest BCUT2D eigenvalue weighted by atomic mass is 79.9. The average Bonchev–Trinajstić information content (AvgIpc) is 2.39. The van der Waals surface area contributed by atoms with E-state index in [-0.39, 0.29) is 6.10 Å². The molecule has 0 radical (unpaired) electrons. The molecule has 0 fully saturated rings. The molecule has 1 heterocycles. The Bertz CT molecular complexity index is 660. The van der Waals surface area contributed by atoms with E-state index < -0.39 is 6.10 Å². The number of halogens is 3. The van der Waals surface area contributed by atoms with E-state index in [1.54, 1.807) is 18.2 Å². The second-order valence-corrected chi connectivity index (χ2v) is 6.47. The van der Waals surface area contributed by atoms with Gasteiger partial charge in [0.25, 0.3) is 0 Å². The Hall–Kier alpha value is -0.740. The van der Waals surface area contributed by atoms with Crippen LogP contribution in [0.15, 0.2) is 40.9 Å². The van der Waals surface area contributed by atoms with E-state index in [4.69, 9.17) is 27.9 Å². The SMILES string of the molecule is O[C@H]1CC(c2ccc(Br)cc2Cl)Oc2ccc(Cl)cc21. The van der Waals surface area contributed by atoms with Crippen LogP contribution in [0.25, 0.3) is 0 Å². The molecule has 1 unspecified atom stereocenters. The molecule has 1 aliphatic rings. The summed E-state index contributed by atoms with van der Waals surface area (Å²) in [5.41, 5.74) is 1.59. The van der Waals surface area contributed by atoms with Crippen molar-refractivity contribution in [3.05, 3.63) is 62.0 Å². The smallest absolute Gasteiger partial charge is 0.128 e. The third-order valence-electron chi connectivity index (χ3n) is 3.35. The average molecular weight is 374 g/mol. The molecule has 2 aromatic carbocycles. The number of aliphatic hydroxyl groups is 1. The molecule has 0 spiro atoms. The van der Waals surface area contributed by atoms with E-state index in [1.807, 2.05) is 18.2 Å². The maximum atomic E-state index is 10.3. The van der Waals surface area contributed by atoms with Crippen molar-refractivity contribution in [2.24, 2.45) is 0 Å². The van der Waals surface area contributed by atoms with Gasteiger partial charge in [-0.25, -0.2) is 0 Å². The fraction of sp³-hybridized carbons (Fsp3) is 0.200. The lowest BCUT2D eigenvalue weighted by Crippen LogP contribution is -2.19. The number of hydrogen-bond acceptors (Lipinski definition) is 2. The molecule has 0 aliphatic carbocycles. The molecule has 1 N–H and O–H groups in total. The summed E-state index contributed by atoms with van der Waals surface area (Å²) in [7, 11) is 0. The predicted molar refractivity (Wildman–Crippen MR) is 83.5 cm³/mol. The summed E-state index contributed by atoms with van der Waals surface area (Å²) in [6, 6.07) is 10.9. The molecule has 2 aromatic rings. The van der Waals surface area contributed by atoms with E-state index in [0.29, 0.717) is 22.2 Å². The molecular formula is C15H11BrCl2O2. The lowest BCUT2D eigenvalue weighted by atomic mass is 9.95. The van der Waals surface area contributed by atoms with Crippen molar-refractivity contribution in [3.63, 3.8) is 0 Å². The second-order valence-electron chi connectivity index (χ2n) is 4.71. The fourth-order valence-corrected chi connectivity index (χ4v) is 3.35. The first-order valence-corrected chi connectivity index (χ1v) is 7.68. The maximum absolute atomic E-state index is 10.3. The first-order valence-electron chi connectivity index (χ1n) is 6.13. The highest BCUT2D eigenvalue weighted by Gasteiger charge is 2.29. The summed E-state index contributed by atoms with van der Waals surface area (Å²) in [6.45, 7) is 0. The van der Waals surface area contributed by atoms with Crippen LogP contribution < -0.4 is 4.74 Å². The van der Waals surface area contributed by atoms with Crippen LogP contribution in [0.3, 0.4) is 0 Å². The number of ether oxygens (including phenoxy) is 1. The summed E-state index contributed by atoms with van der Waals surface area (Å²) in [5.74, 6) is 0.650. The van der Waals surface area contributed by atoms with Gasteiger partial charge in [-0.3, -0.25) is 0 Å². The van der Waals surface area contributed by atoms with Gasteiger partial charge in [-0.05, 0) is 30.3 Å². The van der Waals surface area contributed by atoms with Crippen molar-refractivity contribution in [1.82, 2.24) is 0 Å². The van der Waals surface area contributed by atoms with Crippen molar-refractivity contribution in [2.75, 3.05) is 0 Å². The number of aliphatic hydroxyl groups excluding tert-OH is 1. The third kappa shape index (κ3) is 2.68. The highest BCUT2D eigenvalue weighted by molar-refractivity contribution is 9.10. The highest BCUT2D eigenvalue weighted by Crippen LogP contribution is 2.43. The fourth-order valence-electron chi connectivity index (χ4n) is 2.37. The van der Waals surface area contributed by atoms with Crippen LogP contribution in [0.5, 0.6) is 5.75 Å². The zero-order chi connectivity index (χ0) is 14.3. The Labute approximate surface area is 135 Å². The molecule has 2 atom stereocenters. The molecule has 0 bridgehead atoms. The Balaban J connectivity index is 1.97. The molecule has 5 heteroatoms. The van der Waals surface area contributed by atoms with Gasteiger partial charge in [0, 0.05) is 32.1 Å². The van der Waals surface area contributed by atoms with Gasteiger partial charge in [0.2, 0.25) is 0 Å². The van der Waals surface area contributed by atoms with Crippen LogP contribution in [0.2, 0.25) is 10.0 Å². The molecule has 0 aromatic heterocycles. The lowest BCUT2D eigenvalue weighted by Gasteiger charge is -2.30. The molecule has 1 aliphatic heterocycles. The molecule has 2 nitrogen and oxygen atoms in total. The minimum absolute atomic E-state index is 0.265. The van der Waals surface area contributed by atoms with Crippen LogP contribution in [0, 0.1) is 0 Å². The molecule has 0 saturated heterocycles. The largest absolute Gasteiger partial charge is 0.485 e. The van der Waals surface area contributed by atoms with Gasteiger partial charge in [-0.15, -0.1) is 0 Å². The third-order valence-corrected chi connectivity index (χ3v) is 4.40. The lowest BCUT2D eigenvalue weighted by molar-refractivity contribution is 0.0658. The van der Waals surface area contributed by atoms with Crippen LogP contribution in [-0.2, 0) is 0 Å².